The average Bonchev–Trinajstić information content (AvgIpc) is 2.89. The number of carbonyl (C=O) groups excluding carboxylic acids is 2. The summed E-state index contributed by atoms with van der Waals surface area (Å²) in [6, 6.07) is 9.44. The third-order valence-corrected chi connectivity index (χ3v) is 3.84. The largest absolute Gasteiger partial charge is 0.467 e. The fraction of sp³-hybridized carbons (Fsp3) is 0.467. The standard InChI is InChI=1S/C15H17NO6/c1-20-14(19)12-11-13(18)16(7-10-5-3-2-4-6-10)8-15(9-17,21-11)22-12/h2-6,11-12,17H,7-9H2,1H3/t11-,12-,15-/m1/s1. The minimum atomic E-state index is -1.37. The first-order chi connectivity index (χ1) is 10.6. The Morgan fingerprint density at radius 1 is 1.41 bits per heavy atom. The molecule has 2 heterocycles. The van der Waals surface area contributed by atoms with Crippen molar-refractivity contribution in [2.45, 2.75) is 24.5 Å². The lowest BCUT2D eigenvalue weighted by molar-refractivity contribution is -0.227. The summed E-state index contributed by atoms with van der Waals surface area (Å²) in [7, 11) is 1.21. The summed E-state index contributed by atoms with van der Waals surface area (Å²) in [5.74, 6) is -2.40. The predicted octanol–water partition coefficient (Wildman–Crippen LogP) is -0.326. The van der Waals surface area contributed by atoms with Crippen LogP contribution in [0, 0.1) is 0 Å². The number of ether oxygens (including phenoxy) is 3. The Hall–Kier alpha value is -1.96. The molecular weight excluding hydrogens is 290 g/mol. The summed E-state index contributed by atoms with van der Waals surface area (Å²) < 4.78 is 15.6. The minimum absolute atomic E-state index is 0.0568. The molecule has 0 unspecified atom stereocenters. The molecule has 0 aromatic heterocycles. The monoisotopic (exact) mass is 307 g/mol. The molecule has 2 bridgehead atoms. The Morgan fingerprint density at radius 3 is 2.77 bits per heavy atom. The van der Waals surface area contributed by atoms with Crippen LogP contribution >= 0.6 is 0 Å². The van der Waals surface area contributed by atoms with Crippen LogP contribution in [0.25, 0.3) is 0 Å². The number of fused-ring (bicyclic) bond motifs is 2. The SMILES string of the molecule is COC(=O)[C@@H]1O[C@@]2(CO)CN(Cc3ccccc3)C(=O)[C@@H]1O2. The third kappa shape index (κ3) is 2.47. The van der Waals surface area contributed by atoms with Crippen LogP contribution in [0.4, 0.5) is 0 Å². The molecule has 3 rings (SSSR count). The van der Waals surface area contributed by atoms with Crippen LogP contribution in [-0.2, 0) is 30.3 Å². The molecule has 1 N–H and O–H groups in total. The quantitative estimate of drug-likeness (QED) is 0.767. The van der Waals surface area contributed by atoms with Gasteiger partial charge in [-0.15, -0.1) is 0 Å². The fourth-order valence-electron chi connectivity index (χ4n) is 2.77. The molecular formula is C15H17NO6. The van der Waals surface area contributed by atoms with Crippen LogP contribution in [0.3, 0.4) is 0 Å². The molecule has 0 radical (unpaired) electrons. The summed E-state index contributed by atoms with van der Waals surface area (Å²) in [4.78, 5) is 25.8. The molecule has 118 valence electrons. The van der Waals surface area contributed by atoms with Crippen LogP contribution < -0.4 is 0 Å². The van der Waals surface area contributed by atoms with Crippen molar-refractivity contribution < 1.29 is 28.9 Å². The lowest BCUT2D eigenvalue weighted by atomic mass is 10.1. The van der Waals surface area contributed by atoms with E-state index in [1.165, 1.54) is 12.0 Å². The Labute approximate surface area is 127 Å². The van der Waals surface area contributed by atoms with Crippen LogP contribution in [-0.4, -0.2) is 60.1 Å². The molecule has 0 spiro atoms. The van der Waals surface area contributed by atoms with E-state index in [1.54, 1.807) is 0 Å². The summed E-state index contributed by atoms with van der Waals surface area (Å²) in [6.07, 6.45) is -2.23. The van der Waals surface area contributed by atoms with E-state index in [2.05, 4.69) is 4.74 Å². The van der Waals surface area contributed by atoms with E-state index in [1.807, 2.05) is 30.3 Å². The van der Waals surface area contributed by atoms with Gasteiger partial charge in [0.1, 0.15) is 0 Å². The van der Waals surface area contributed by atoms with Crippen molar-refractivity contribution in [1.29, 1.82) is 0 Å². The molecule has 7 heteroatoms. The van der Waals surface area contributed by atoms with E-state index in [0.717, 1.165) is 5.56 Å². The Balaban J connectivity index is 1.84. The first kappa shape index (κ1) is 15.0. The summed E-state index contributed by atoms with van der Waals surface area (Å²) in [5, 5.41) is 9.57. The first-order valence-electron chi connectivity index (χ1n) is 6.95. The van der Waals surface area contributed by atoms with E-state index >= 15 is 0 Å². The highest BCUT2D eigenvalue weighted by Crippen LogP contribution is 2.36. The fourth-order valence-corrected chi connectivity index (χ4v) is 2.77. The number of esters is 1. The molecule has 1 aromatic carbocycles. The highest BCUT2D eigenvalue weighted by molar-refractivity contribution is 5.90. The topological polar surface area (TPSA) is 85.3 Å². The number of rotatable bonds is 4. The van der Waals surface area contributed by atoms with Gasteiger partial charge < -0.3 is 24.2 Å². The molecule has 0 saturated carbocycles. The van der Waals surface area contributed by atoms with Gasteiger partial charge >= 0.3 is 5.97 Å². The van der Waals surface area contributed by atoms with Gasteiger partial charge in [0.25, 0.3) is 5.91 Å². The number of methoxy groups -OCH3 is 1. The van der Waals surface area contributed by atoms with E-state index in [-0.39, 0.29) is 12.5 Å². The first-order valence-corrected chi connectivity index (χ1v) is 6.95. The van der Waals surface area contributed by atoms with Crippen LogP contribution in [0.5, 0.6) is 0 Å². The Kier molecular flexibility index (Phi) is 3.86. The Bertz CT molecular complexity index is 577. The maximum absolute atomic E-state index is 12.5. The number of aliphatic hydroxyl groups excluding tert-OH is 1. The van der Waals surface area contributed by atoms with Crippen LogP contribution in [0.2, 0.25) is 0 Å². The van der Waals surface area contributed by atoms with Gasteiger partial charge in [0.05, 0.1) is 20.3 Å². The van der Waals surface area contributed by atoms with Gasteiger partial charge in [-0.05, 0) is 5.56 Å². The van der Waals surface area contributed by atoms with E-state index < -0.39 is 30.6 Å². The molecule has 2 aliphatic heterocycles. The molecule has 0 aliphatic carbocycles. The van der Waals surface area contributed by atoms with Gasteiger partial charge in [-0.3, -0.25) is 4.79 Å². The van der Waals surface area contributed by atoms with Gasteiger partial charge in [0, 0.05) is 6.54 Å². The second-order valence-electron chi connectivity index (χ2n) is 5.35. The molecule has 22 heavy (non-hydrogen) atoms. The number of benzene rings is 1. The molecule has 7 nitrogen and oxygen atoms in total. The highest BCUT2D eigenvalue weighted by Gasteiger charge is 2.59. The normalized spacial score (nSPS) is 30.5. The highest BCUT2D eigenvalue weighted by atomic mass is 16.8. The number of hydrogen-bond acceptors (Lipinski definition) is 6. The summed E-state index contributed by atoms with van der Waals surface area (Å²) in [5.41, 5.74) is 0.944. The van der Waals surface area contributed by atoms with Crippen molar-refractivity contribution in [2.75, 3.05) is 20.3 Å². The molecule has 1 amide bonds. The van der Waals surface area contributed by atoms with Gasteiger partial charge in [0.2, 0.25) is 5.79 Å². The smallest absolute Gasteiger partial charge is 0.338 e. The van der Waals surface area contributed by atoms with E-state index in [0.29, 0.717) is 6.54 Å². The number of morpholine rings is 1. The number of hydrogen-bond donors (Lipinski definition) is 1. The number of aliphatic hydroxyl groups is 1. The van der Waals surface area contributed by atoms with Crippen molar-refractivity contribution in [2.24, 2.45) is 0 Å². The second-order valence-corrected chi connectivity index (χ2v) is 5.35. The lowest BCUT2D eigenvalue weighted by Gasteiger charge is -2.37. The molecule has 2 fully saturated rings. The van der Waals surface area contributed by atoms with Gasteiger partial charge in [-0.25, -0.2) is 4.79 Å². The minimum Gasteiger partial charge on any atom is -0.467 e. The maximum atomic E-state index is 12.5. The second kappa shape index (κ2) is 5.68. The zero-order valence-corrected chi connectivity index (χ0v) is 12.1. The average molecular weight is 307 g/mol. The Morgan fingerprint density at radius 2 is 2.14 bits per heavy atom. The zero-order chi connectivity index (χ0) is 15.7. The van der Waals surface area contributed by atoms with Crippen molar-refractivity contribution in [1.82, 2.24) is 4.90 Å². The summed E-state index contributed by atoms with van der Waals surface area (Å²) >= 11 is 0. The lowest BCUT2D eigenvalue weighted by Crippen LogP contribution is -2.56. The molecule has 3 atom stereocenters. The zero-order valence-electron chi connectivity index (χ0n) is 12.1. The summed E-state index contributed by atoms with van der Waals surface area (Å²) in [6.45, 7) is -0.0324. The van der Waals surface area contributed by atoms with Crippen molar-refractivity contribution >= 4 is 11.9 Å². The van der Waals surface area contributed by atoms with E-state index in [9.17, 15) is 14.7 Å². The van der Waals surface area contributed by atoms with Crippen molar-refractivity contribution in [3.05, 3.63) is 35.9 Å². The van der Waals surface area contributed by atoms with Crippen molar-refractivity contribution in [3.8, 4) is 0 Å². The molecule has 2 saturated heterocycles. The molecule has 2 aliphatic rings. The van der Waals surface area contributed by atoms with Gasteiger partial charge in [-0.1, -0.05) is 30.3 Å². The number of carbonyl (C=O) groups is 2. The van der Waals surface area contributed by atoms with E-state index in [4.69, 9.17) is 9.47 Å². The van der Waals surface area contributed by atoms with Crippen LogP contribution in [0.15, 0.2) is 30.3 Å². The number of amides is 1. The third-order valence-electron chi connectivity index (χ3n) is 3.84. The van der Waals surface area contributed by atoms with Gasteiger partial charge in [0.15, 0.2) is 12.2 Å². The molecule has 1 aromatic rings. The van der Waals surface area contributed by atoms with Gasteiger partial charge in [-0.2, -0.15) is 0 Å². The van der Waals surface area contributed by atoms with Crippen LogP contribution in [0.1, 0.15) is 5.56 Å². The van der Waals surface area contributed by atoms with Crippen molar-refractivity contribution in [3.63, 3.8) is 0 Å². The predicted molar refractivity (Wildman–Crippen MR) is 73.4 cm³/mol. The maximum Gasteiger partial charge on any atom is 0.338 e. The number of nitrogens with zero attached hydrogens (tertiary/aromatic N) is 1.